The number of nitrogens with zero attached hydrogens (tertiary/aromatic N) is 1. The van der Waals surface area contributed by atoms with Crippen molar-refractivity contribution in [3.63, 3.8) is 0 Å². The summed E-state index contributed by atoms with van der Waals surface area (Å²) in [6.07, 6.45) is 0.521. The van der Waals surface area contributed by atoms with Gasteiger partial charge in [0.1, 0.15) is 23.4 Å². The molecule has 0 saturated carbocycles. The van der Waals surface area contributed by atoms with Gasteiger partial charge in [0.15, 0.2) is 0 Å². The van der Waals surface area contributed by atoms with Gasteiger partial charge < -0.3 is 30.5 Å². The molecule has 3 aromatic carbocycles. The van der Waals surface area contributed by atoms with Gasteiger partial charge in [-0.3, -0.25) is 9.59 Å². The average molecular weight is 534 g/mol. The third-order valence-electron chi connectivity index (χ3n) is 5.92. The van der Waals surface area contributed by atoms with Gasteiger partial charge >= 0.3 is 6.09 Å². The summed E-state index contributed by atoms with van der Waals surface area (Å²) in [4.78, 5) is 41.1. The Labute approximate surface area is 228 Å². The minimum Gasteiger partial charge on any atom is -0.507 e. The zero-order valence-corrected chi connectivity index (χ0v) is 22.6. The molecule has 0 aliphatic rings. The number of aryl methyl sites for hydroxylation is 1. The smallest absolute Gasteiger partial charge is 0.408 e. The van der Waals surface area contributed by atoms with E-state index in [-0.39, 0.29) is 17.9 Å². The van der Waals surface area contributed by atoms with Crippen LogP contribution < -0.4 is 10.6 Å². The van der Waals surface area contributed by atoms with E-state index in [4.69, 9.17) is 4.74 Å². The minimum absolute atomic E-state index is 0.117. The second-order valence-corrected chi connectivity index (χ2v) is 10.1. The van der Waals surface area contributed by atoms with Crippen molar-refractivity contribution in [2.45, 2.75) is 45.4 Å². The lowest BCUT2D eigenvalue weighted by Crippen LogP contribution is -2.53. The Bertz CT molecular complexity index is 1360. The van der Waals surface area contributed by atoms with Crippen LogP contribution in [0.25, 0.3) is 10.8 Å². The van der Waals surface area contributed by atoms with E-state index in [1.165, 1.54) is 6.08 Å². The lowest BCUT2D eigenvalue weighted by molar-refractivity contribution is -0.141. The minimum atomic E-state index is -1.41. The maximum absolute atomic E-state index is 13.8. The van der Waals surface area contributed by atoms with Gasteiger partial charge in [-0.25, -0.2) is 4.79 Å². The summed E-state index contributed by atoms with van der Waals surface area (Å²) in [6, 6.07) is 15.2. The van der Waals surface area contributed by atoms with Gasteiger partial charge in [0.2, 0.25) is 5.91 Å². The molecule has 0 radical (unpaired) electrons. The molecule has 0 fully saturated rings. The summed E-state index contributed by atoms with van der Waals surface area (Å²) in [5.74, 6) is -1.52. The Balaban J connectivity index is 2.01. The van der Waals surface area contributed by atoms with Gasteiger partial charge in [0.05, 0.1) is 6.61 Å². The van der Waals surface area contributed by atoms with E-state index in [2.05, 4.69) is 17.2 Å². The van der Waals surface area contributed by atoms with Crippen molar-refractivity contribution in [2.24, 2.45) is 0 Å². The summed E-state index contributed by atoms with van der Waals surface area (Å²) in [5, 5.41) is 28.0. The fraction of sp³-hybridized carbons (Fsp3) is 0.300. The maximum atomic E-state index is 13.8. The van der Waals surface area contributed by atoms with E-state index in [0.29, 0.717) is 11.3 Å². The number of ether oxygens (including phenoxy) is 1. The van der Waals surface area contributed by atoms with Crippen LogP contribution in [-0.4, -0.2) is 57.8 Å². The second-order valence-electron chi connectivity index (χ2n) is 10.1. The first kappa shape index (κ1) is 29.2. The topological polar surface area (TPSA) is 128 Å². The molecule has 0 heterocycles. The third-order valence-corrected chi connectivity index (χ3v) is 5.92. The predicted octanol–water partition coefficient (Wildman–Crippen LogP) is 4.43. The molecule has 0 spiro atoms. The van der Waals surface area contributed by atoms with Gasteiger partial charge in [-0.1, -0.05) is 54.6 Å². The largest absolute Gasteiger partial charge is 0.507 e. The van der Waals surface area contributed by atoms with Crippen LogP contribution in [-0.2, 0) is 14.3 Å². The molecule has 3 rings (SSSR count). The molecule has 0 bridgehead atoms. The number of aromatic hydroxyl groups is 1. The van der Waals surface area contributed by atoms with Crippen LogP contribution in [0.1, 0.15) is 37.9 Å². The molecule has 9 heteroatoms. The number of hydrogen-bond acceptors (Lipinski definition) is 6. The number of carbonyl (C=O) groups is 3. The molecule has 4 N–H and O–H groups in total. The molecule has 3 aromatic rings. The van der Waals surface area contributed by atoms with Crippen LogP contribution in [0.3, 0.4) is 0 Å². The zero-order valence-electron chi connectivity index (χ0n) is 22.6. The van der Waals surface area contributed by atoms with Crippen LogP contribution in [0.4, 0.5) is 10.5 Å². The van der Waals surface area contributed by atoms with Gasteiger partial charge in [-0.15, -0.1) is 6.58 Å². The number of fused-ring (bicyclic) bond motifs is 1. The van der Waals surface area contributed by atoms with Crippen molar-refractivity contribution >= 4 is 34.4 Å². The SMILES string of the molecule is C=CCN(C(=O)C(CO)NC(=O)OC(C)(C)C)C(C(=O)Nc1ccc2ccccc2c1)c1cccc(C)c1O. The maximum Gasteiger partial charge on any atom is 0.408 e. The highest BCUT2D eigenvalue weighted by atomic mass is 16.6. The molecule has 0 saturated heterocycles. The van der Waals surface area contributed by atoms with Crippen LogP contribution in [0, 0.1) is 6.92 Å². The quantitative estimate of drug-likeness (QED) is 0.301. The van der Waals surface area contributed by atoms with Crippen molar-refractivity contribution in [3.05, 3.63) is 84.4 Å². The fourth-order valence-electron chi connectivity index (χ4n) is 4.13. The Morgan fingerprint density at radius 3 is 2.38 bits per heavy atom. The van der Waals surface area contributed by atoms with Crippen molar-refractivity contribution in [3.8, 4) is 5.75 Å². The standard InChI is InChI=1S/C30H35N3O6/c1-6-16-33(28(37)24(18-34)32-29(38)39-30(3,4)5)25(23-13-9-10-19(2)26(23)35)27(36)31-22-15-14-20-11-7-8-12-21(20)17-22/h6-15,17,24-25,34-35H,1,16,18H2,2-5H3,(H,31,36)(H,32,38). The predicted molar refractivity (Wildman–Crippen MR) is 150 cm³/mol. The number of anilines is 1. The number of benzene rings is 3. The number of nitrogens with one attached hydrogen (secondary N) is 2. The molecule has 3 amide bonds. The van der Waals surface area contributed by atoms with E-state index >= 15 is 0 Å². The fourth-order valence-corrected chi connectivity index (χ4v) is 4.13. The van der Waals surface area contributed by atoms with E-state index in [1.807, 2.05) is 30.3 Å². The summed E-state index contributed by atoms with van der Waals surface area (Å²) < 4.78 is 5.23. The van der Waals surface area contributed by atoms with Crippen molar-refractivity contribution < 1.29 is 29.3 Å². The molecule has 206 valence electrons. The number of aliphatic hydroxyl groups is 1. The molecule has 0 aliphatic carbocycles. The monoisotopic (exact) mass is 533 g/mol. The molecule has 39 heavy (non-hydrogen) atoms. The summed E-state index contributed by atoms with van der Waals surface area (Å²) in [7, 11) is 0. The van der Waals surface area contributed by atoms with Gasteiger partial charge in [-0.2, -0.15) is 0 Å². The van der Waals surface area contributed by atoms with Crippen LogP contribution >= 0.6 is 0 Å². The summed E-state index contributed by atoms with van der Waals surface area (Å²) in [5.41, 5.74) is 0.348. The van der Waals surface area contributed by atoms with Gasteiger partial charge in [0.25, 0.3) is 5.91 Å². The normalized spacial score (nSPS) is 12.7. The third kappa shape index (κ3) is 7.36. The van der Waals surface area contributed by atoms with Crippen molar-refractivity contribution in [1.82, 2.24) is 10.2 Å². The Morgan fingerprint density at radius 1 is 1.05 bits per heavy atom. The highest BCUT2D eigenvalue weighted by molar-refractivity contribution is 6.00. The summed E-state index contributed by atoms with van der Waals surface area (Å²) >= 11 is 0. The first-order valence-corrected chi connectivity index (χ1v) is 12.5. The zero-order chi connectivity index (χ0) is 28.7. The molecule has 9 nitrogen and oxygen atoms in total. The number of para-hydroxylation sites is 1. The Kier molecular flexibility index (Phi) is 9.32. The highest BCUT2D eigenvalue weighted by Crippen LogP contribution is 2.33. The molecular formula is C30H35N3O6. The van der Waals surface area contributed by atoms with Crippen LogP contribution in [0.15, 0.2) is 73.3 Å². The highest BCUT2D eigenvalue weighted by Gasteiger charge is 2.37. The number of amides is 3. The molecular weight excluding hydrogens is 498 g/mol. The first-order valence-electron chi connectivity index (χ1n) is 12.5. The van der Waals surface area contributed by atoms with Gasteiger partial charge in [-0.05, 0) is 56.2 Å². The second kappa shape index (κ2) is 12.4. The average Bonchev–Trinajstić information content (AvgIpc) is 2.87. The number of phenolic OH excluding ortho intramolecular Hbond substituents is 1. The molecule has 0 aromatic heterocycles. The molecule has 0 aliphatic heterocycles. The number of carbonyl (C=O) groups excluding carboxylic acids is 3. The number of phenols is 1. The molecule has 2 atom stereocenters. The van der Waals surface area contributed by atoms with E-state index < -0.39 is 42.2 Å². The van der Waals surface area contributed by atoms with Crippen LogP contribution in [0.5, 0.6) is 5.75 Å². The van der Waals surface area contributed by atoms with Crippen molar-refractivity contribution in [2.75, 3.05) is 18.5 Å². The lowest BCUT2D eigenvalue weighted by atomic mass is 9.99. The number of hydrogen-bond donors (Lipinski definition) is 4. The van der Waals surface area contributed by atoms with Gasteiger partial charge in [0, 0.05) is 17.8 Å². The Hall–Kier alpha value is -4.37. The van der Waals surface area contributed by atoms with E-state index in [1.54, 1.807) is 58.0 Å². The number of alkyl carbamates (subject to hydrolysis) is 1. The lowest BCUT2D eigenvalue weighted by Gasteiger charge is -2.33. The van der Waals surface area contributed by atoms with Crippen molar-refractivity contribution in [1.29, 1.82) is 0 Å². The van der Waals surface area contributed by atoms with E-state index in [0.717, 1.165) is 15.7 Å². The summed E-state index contributed by atoms with van der Waals surface area (Å²) in [6.45, 7) is 9.52. The van der Waals surface area contributed by atoms with E-state index in [9.17, 15) is 24.6 Å². The van der Waals surface area contributed by atoms with Crippen LogP contribution in [0.2, 0.25) is 0 Å². The molecule has 2 unspecified atom stereocenters. The number of rotatable bonds is 9. The first-order chi connectivity index (χ1) is 18.4. The number of aliphatic hydroxyl groups excluding tert-OH is 1. The Morgan fingerprint density at radius 2 is 1.74 bits per heavy atom.